The van der Waals surface area contributed by atoms with Crippen LogP contribution in [0.4, 0.5) is 0 Å². The zero-order valence-electron chi connectivity index (χ0n) is 14.8. The summed E-state index contributed by atoms with van der Waals surface area (Å²) in [5, 5.41) is 0. The highest BCUT2D eigenvalue weighted by Gasteiger charge is 2.33. The van der Waals surface area contributed by atoms with E-state index in [1.807, 2.05) is 48.1 Å². The van der Waals surface area contributed by atoms with Gasteiger partial charge in [0.05, 0.1) is 0 Å². The van der Waals surface area contributed by atoms with Crippen molar-refractivity contribution in [3.63, 3.8) is 0 Å². The lowest BCUT2D eigenvalue weighted by Crippen LogP contribution is -2.43. The van der Waals surface area contributed by atoms with Crippen molar-refractivity contribution in [1.29, 1.82) is 0 Å². The number of rotatable bonds is 3. The second-order valence-electron chi connectivity index (χ2n) is 6.56. The Hall–Kier alpha value is -2.63. The second kappa shape index (κ2) is 6.83. The highest BCUT2D eigenvalue weighted by Crippen LogP contribution is 2.37. The second-order valence-corrected chi connectivity index (χ2v) is 7.42. The van der Waals surface area contributed by atoms with E-state index in [4.69, 9.17) is 5.73 Å². The Morgan fingerprint density at radius 2 is 1.59 bits per heavy atom. The van der Waals surface area contributed by atoms with E-state index in [1.54, 1.807) is 24.3 Å². The van der Waals surface area contributed by atoms with Crippen LogP contribution in [0.3, 0.4) is 0 Å². The molecule has 1 heterocycles. The summed E-state index contributed by atoms with van der Waals surface area (Å²) in [5.41, 5.74) is 9.50. The number of ketones is 2. The molecule has 0 saturated carbocycles. The van der Waals surface area contributed by atoms with Crippen LogP contribution in [0.1, 0.15) is 51.4 Å². The normalized spacial score (nSPS) is 13.9. The van der Waals surface area contributed by atoms with Crippen LogP contribution in [-0.2, 0) is 0 Å². The van der Waals surface area contributed by atoms with Crippen LogP contribution in [-0.4, -0.2) is 11.6 Å². The SMILES string of the molecule is CCC(N)[n+]1cccc(-c2ccc(Br)c3c2C(=O)c2ccccc2C3=O)c1. The number of nitrogens with zero attached hydrogens (tertiary/aromatic N) is 1. The topological polar surface area (TPSA) is 64.0 Å². The van der Waals surface area contributed by atoms with Crippen molar-refractivity contribution in [3.8, 4) is 11.1 Å². The highest BCUT2D eigenvalue weighted by molar-refractivity contribution is 9.10. The van der Waals surface area contributed by atoms with E-state index in [-0.39, 0.29) is 17.7 Å². The number of aromatic nitrogens is 1. The summed E-state index contributed by atoms with van der Waals surface area (Å²) in [7, 11) is 0. The van der Waals surface area contributed by atoms with Crippen molar-refractivity contribution in [1.82, 2.24) is 0 Å². The quantitative estimate of drug-likeness (QED) is 0.507. The van der Waals surface area contributed by atoms with Gasteiger partial charge in [-0.2, -0.15) is 4.57 Å². The molecule has 0 aliphatic heterocycles. The lowest BCUT2D eigenvalue weighted by atomic mass is 9.80. The zero-order chi connectivity index (χ0) is 19.1. The van der Waals surface area contributed by atoms with Gasteiger partial charge in [0.1, 0.15) is 0 Å². The average molecular weight is 422 g/mol. The molecule has 0 bridgehead atoms. The molecule has 1 atom stereocenters. The van der Waals surface area contributed by atoms with Gasteiger partial charge in [-0.3, -0.25) is 15.3 Å². The molecule has 2 aromatic carbocycles. The number of carbonyl (C=O) groups is 2. The van der Waals surface area contributed by atoms with E-state index >= 15 is 0 Å². The number of hydrogen-bond donors (Lipinski definition) is 1. The molecule has 4 rings (SSSR count). The van der Waals surface area contributed by atoms with E-state index in [2.05, 4.69) is 15.9 Å². The van der Waals surface area contributed by atoms with Crippen molar-refractivity contribution in [2.45, 2.75) is 19.5 Å². The van der Waals surface area contributed by atoms with Crippen LogP contribution < -0.4 is 10.3 Å². The predicted molar refractivity (Wildman–Crippen MR) is 107 cm³/mol. The number of pyridine rings is 1. The van der Waals surface area contributed by atoms with Gasteiger partial charge in [-0.05, 0) is 17.7 Å². The molecule has 0 amide bonds. The van der Waals surface area contributed by atoms with Gasteiger partial charge in [0.15, 0.2) is 24.0 Å². The van der Waals surface area contributed by atoms with Crippen molar-refractivity contribution < 1.29 is 14.2 Å². The van der Waals surface area contributed by atoms with Gasteiger partial charge < -0.3 is 0 Å². The molecule has 1 aliphatic carbocycles. The largest absolute Gasteiger partial charge is 0.289 e. The van der Waals surface area contributed by atoms with E-state index < -0.39 is 0 Å². The van der Waals surface area contributed by atoms with E-state index in [1.165, 1.54) is 0 Å². The first-order valence-corrected chi connectivity index (χ1v) is 9.60. The maximum Gasteiger partial charge on any atom is 0.209 e. The Morgan fingerprint density at radius 1 is 0.926 bits per heavy atom. The van der Waals surface area contributed by atoms with Gasteiger partial charge in [0.2, 0.25) is 6.17 Å². The number of halogens is 1. The molecule has 1 unspecified atom stereocenters. The third-order valence-corrected chi connectivity index (χ3v) is 5.62. The van der Waals surface area contributed by atoms with Gasteiger partial charge in [-0.15, -0.1) is 0 Å². The van der Waals surface area contributed by atoms with Gasteiger partial charge >= 0.3 is 0 Å². The first-order valence-electron chi connectivity index (χ1n) is 8.80. The van der Waals surface area contributed by atoms with Crippen LogP contribution in [0.25, 0.3) is 11.1 Å². The van der Waals surface area contributed by atoms with E-state index in [9.17, 15) is 9.59 Å². The van der Waals surface area contributed by atoms with Crippen molar-refractivity contribution in [2.75, 3.05) is 0 Å². The van der Waals surface area contributed by atoms with Crippen molar-refractivity contribution in [3.05, 3.63) is 87.7 Å². The molecule has 0 saturated heterocycles. The number of fused-ring (bicyclic) bond motifs is 2. The molecule has 2 N–H and O–H groups in total. The summed E-state index contributed by atoms with van der Waals surface area (Å²) in [6.07, 6.45) is 4.48. The molecule has 0 radical (unpaired) electrons. The number of benzene rings is 2. The smallest absolute Gasteiger partial charge is 0.209 e. The average Bonchev–Trinajstić information content (AvgIpc) is 2.71. The molecule has 0 spiro atoms. The monoisotopic (exact) mass is 421 g/mol. The molecule has 1 aliphatic rings. The molecule has 3 aromatic rings. The minimum absolute atomic E-state index is 0.133. The Bertz CT molecular complexity index is 1090. The molecular weight excluding hydrogens is 404 g/mol. The maximum absolute atomic E-state index is 13.3. The molecule has 27 heavy (non-hydrogen) atoms. The molecule has 134 valence electrons. The molecule has 5 heteroatoms. The van der Waals surface area contributed by atoms with Gasteiger partial charge in [-0.1, -0.05) is 53.2 Å². The number of nitrogens with two attached hydrogens (primary N) is 1. The number of hydrogen-bond acceptors (Lipinski definition) is 3. The van der Waals surface area contributed by atoms with E-state index in [0.717, 1.165) is 17.5 Å². The maximum atomic E-state index is 13.3. The van der Waals surface area contributed by atoms with Crippen LogP contribution in [0, 0.1) is 0 Å². The van der Waals surface area contributed by atoms with Crippen LogP contribution in [0.15, 0.2) is 65.4 Å². The Balaban J connectivity index is 1.96. The summed E-state index contributed by atoms with van der Waals surface area (Å²) in [4.78, 5) is 26.3. The molecule has 0 fully saturated rings. The minimum atomic E-state index is -0.144. The first kappa shape index (κ1) is 17.8. The lowest BCUT2D eigenvalue weighted by Gasteiger charge is -2.21. The Labute approximate surface area is 165 Å². The van der Waals surface area contributed by atoms with Gasteiger partial charge in [0, 0.05) is 44.8 Å². The third kappa shape index (κ3) is 2.83. The number of carbonyl (C=O) groups excluding carboxylic acids is 2. The summed E-state index contributed by atoms with van der Waals surface area (Å²) >= 11 is 3.46. The lowest BCUT2D eigenvalue weighted by molar-refractivity contribution is -0.722. The molecular formula is C22H18BrN2O2+. The summed E-state index contributed by atoms with van der Waals surface area (Å²) in [6, 6.07) is 14.5. The van der Waals surface area contributed by atoms with Crippen molar-refractivity contribution in [2.24, 2.45) is 5.73 Å². The van der Waals surface area contributed by atoms with E-state index in [0.29, 0.717) is 26.7 Å². The van der Waals surface area contributed by atoms with Crippen LogP contribution in [0.2, 0.25) is 0 Å². The first-order chi connectivity index (χ1) is 13.0. The zero-order valence-corrected chi connectivity index (χ0v) is 16.4. The predicted octanol–water partition coefficient (Wildman–Crippen LogP) is 4.05. The van der Waals surface area contributed by atoms with Crippen molar-refractivity contribution >= 4 is 27.5 Å². The van der Waals surface area contributed by atoms with Crippen LogP contribution in [0.5, 0.6) is 0 Å². The Morgan fingerprint density at radius 3 is 2.26 bits per heavy atom. The minimum Gasteiger partial charge on any atom is -0.289 e. The fourth-order valence-electron chi connectivity index (χ4n) is 3.49. The highest BCUT2D eigenvalue weighted by atomic mass is 79.9. The molecule has 4 nitrogen and oxygen atoms in total. The Kier molecular flexibility index (Phi) is 4.50. The van der Waals surface area contributed by atoms with Gasteiger partial charge in [0.25, 0.3) is 0 Å². The summed E-state index contributed by atoms with van der Waals surface area (Å²) in [5.74, 6) is -0.269. The van der Waals surface area contributed by atoms with Crippen LogP contribution >= 0.6 is 15.9 Å². The standard InChI is InChI=1S/C22H18BrN2O2/c1-2-18(24)25-11-5-6-13(12-25)14-9-10-17(23)20-19(14)21(26)15-7-3-4-8-16(15)22(20)27/h3-12,18H,2,24H2,1H3/q+1. The summed E-state index contributed by atoms with van der Waals surface area (Å²) < 4.78 is 2.55. The fourth-order valence-corrected chi connectivity index (χ4v) is 4.00. The fraction of sp³-hybridized carbons (Fsp3) is 0.136. The van der Waals surface area contributed by atoms with Gasteiger partial charge in [-0.25, -0.2) is 0 Å². The molecule has 1 aromatic heterocycles. The summed E-state index contributed by atoms with van der Waals surface area (Å²) in [6.45, 7) is 2.02. The third-order valence-electron chi connectivity index (χ3n) is 4.96.